The zero-order valence-electron chi connectivity index (χ0n) is 17.7. The second-order valence-electron chi connectivity index (χ2n) is 8.75. The Morgan fingerprint density at radius 1 is 1.00 bits per heavy atom. The highest BCUT2D eigenvalue weighted by Crippen LogP contribution is 2.41. The van der Waals surface area contributed by atoms with Crippen molar-refractivity contribution < 1.29 is 9.53 Å². The van der Waals surface area contributed by atoms with Crippen LogP contribution < -0.4 is 9.80 Å². The first kappa shape index (κ1) is 20.0. The highest BCUT2D eigenvalue weighted by Gasteiger charge is 2.37. The third kappa shape index (κ3) is 4.32. The zero-order valence-corrected chi connectivity index (χ0v) is 17.7. The molecule has 0 unspecified atom stereocenters. The van der Waals surface area contributed by atoms with Gasteiger partial charge in [-0.05, 0) is 62.8 Å². The van der Waals surface area contributed by atoms with Crippen LogP contribution in [0.2, 0.25) is 0 Å². The van der Waals surface area contributed by atoms with Crippen LogP contribution in [0.15, 0.2) is 48.5 Å². The summed E-state index contributed by atoms with van der Waals surface area (Å²) in [7, 11) is 0. The molecule has 0 N–H and O–H groups in total. The van der Waals surface area contributed by atoms with E-state index in [2.05, 4.69) is 66.1 Å². The van der Waals surface area contributed by atoms with Gasteiger partial charge in [-0.25, -0.2) is 0 Å². The van der Waals surface area contributed by atoms with E-state index in [9.17, 15) is 4.79 Å². The minimum atomic E-state index is -0.152. The number of morpholine rings is 1. The molecule has 1 fully saturated rings. The number of rotatable bonds is 5. The summed E-state index contributed by atoms with van der Waals surface area (Å²) in [6, 6.07) is 16.9. The molecule has 0 radical (unpaired) electrons. The van der Waals surface area contributed by atoms with Crippen LogP contribution in [-0.4, -0.2) is 37.7 Å². The number of anilines is 2. The third-order valence-electron chi connectivity index (χ3n) is 6.26. The Balaban J connectivity index is 1.54. The quantitative estimate of drug-likeness (QED) is 0.745. The number of carbonyl (C=O) groups excluding carboxylic acids is 1. The highest BCUT2D eigenvalue weighted by molar-refractivity contribution is 5.97. The van der Waals surface area contributed by atoms with E-state index in [1.807, 2.05) is 6.07 Å². The summed E-state index contributed by atoms with van der Waals surface area (Å²) in [6.45, 7) is 7.79. The Kier molecular flexibility index (Phi) is 5.91. The number of nitrogens with zero attached hydrogens (tertiary/aromatic N) is 2. The summed E-state index contributed by atoms with van der Waals surface area (Å²) in [5, 5.41) is 0. The molecular formula is C25H32N2O2. The molecule has 0 bridgehead atoms. The van der Waals surface area contributed by atoms with Crippen LogP contribution in [0.25, 0.3) is 0 Å². The molecule has 29 heavy (non-hydrogen) atoms. The Morgan fingerprint density at radius 2 is 1.72 bits per heavy atom. The predicted octanol–water partition coefficient (Wildman–Crippen LogP) is 4.60. The van der Waals surface area contributed by atoms with Crippen molar-refractivity contribution in [1.29, 1.82) is 0 Å². The van der Waals surface area contributed by atoms with Gasteiger partial charge in [0.05, 0.1) is 13.2 Å². The van der Waals surface area contributed by atoms with Crippen LogP contribution in [0.1, 0.15) is 44.2 Å². The zero-order chi connectivity index (χ0) is 20.3. The molecule has 0 aliphatic carbocycles. The molecule has 2 aromatic rings. The minimum absolute atomic E-state index is 0.152. The van der Waals surface area contributed by atoms with Crippen molar-refractivity contribution in [2.45, 2.75) is 51.5 Å². The maximum Gasteiger partial charge on any atom is 0.227 e. The van der Waals surface area contributed by atoms with E-state index >= 15 is 0 Å². The van der Waals surface area contributed by atoms with E-state index < -0.39 is 0 Å². The van der Waals surface area contributed by atoms with E-state index in [4.69, 9.17) is 4.74 Å². The van der Waals surface area contributed by atoms with Gasteiger partial charge in [-0.3, -0.25) is 4.79 Å². The van der Waals surface area contributed by atoms with E-state index in [-0.39, 0.29) is 11.4 Å². The Morgan fingerprint density at radius 3 is 2.48 bits per heavy atom. The lowest BCUT2D eigenvalue weighted by Crippen LogP contribution is -2.51. The average Bonchev–Trinajstić information content (AvgIpc) is 2.74. The van der Waals surface area contributed by atoms with Crippen molar-refractivity contribution in [1.82, 2.24) is 0 Å². The van der Waals surface area contributed by atoms with E-state index in [1.54, 1.807) is 0 Å². The van der Waals surface area contributed by atoms with Crippen LogP contribution in [0.5, 0.6) is 0 Å². The van der Waals surface area contributed by atoms with Crippen molar-refractivity contribution in [3.05, 3.63) is 59.7 Å². The second kappa shape index (κ2) is 8.58. The number of hydrogen-bond acceptors (Lipinski definition) is 3. The molecule has 0 spiro atoms. The highest BCUT2D eigenvalue weighted by atomic mass is 16.5. The molecule has 154 valence electrons. The van der Waals surface area contributed by atoms with Gasteiger partial charge < -0.3 is 14.5 Å². The molecule has 1 saturated heterocycles. The van der Waals surface area contributed by atoms with Crippen molar-refractivity contribution in [3.8, 4) is 0 Å². The lowest BCUT2D eigenvalue weighted by Gasteiger charge is -2.45. The summed E-state index contributed by atoms with van der Waals surface area (Å²) < 4.78 is 5.53. The molecule has 2 aliphatic rings. The lowest BCUT2D eigenvalue weighted by atomic mass is 9.85. The van der Waals surface area contributed by atoms with Crippen molar-refractivity contribution >= 4 is 17.3 Å². The molecule has 0 saturated carbocycles. The summed E-state index contributed by atoms with van der Waals surface area (Å²) >= 11 is 0. The summed E-state index contributed by atoms with van der Waals surface area (Å²) in [5.41, 5.74) is 4.86. The minimum Gasteiger partial charge on any atom is -0.378 e. The largest absolute Gasteiger partial charge is 0.378 e. The molecule has 2 heterocycles. The Hall–Kier alpha value is -2.33. The van der Waals surface area contributed by atoms with Gasteiger partial charge in [0, 0.05) is 36.4 Å². The van der Waals surface area contributed by atoms with Gasteiger partial charge in [0.2, 0.25) is 5.91 Å². The van der Waals surface area contributed by atoms with Gasteiger partial charge in [-0.2, -0.15) is 0 Å². The normalized spacial score (nSPS) is 18.4. The second-order valence-corrected chi connectivity index (χ2v) is 8.75. The molecule has 4 nitrogen and oxygen atoms in total. The van der Waals surface area contributed by atoms with Crippen LogP contribution in [0.4, 0.5) is 11.4 Å². The van der Waals surface area contributed by atoms with E-state index in [0.717, 1.165) is 57.7 Å². The smallest absolute Gasteiger partial charge is 0.227 e. The molecule has 0 aromatic heterocycles. The molecule has 4 heteroatoms. The monoisotopic (exact) mass is 392 g/mol. The van der Waals surface area contributed by atoms with Crippen LogP contribution in [0, 0.1) is 0 Å². The van der Waals surface area contributed by atoms with E-state index in [0.29, 0.717) is 6.42 Å². The fourth-order valence-electron chi connectivity index (χ4n) is 4.67. The molecule has 4 rings (SSSR count). The van der Waals surface area contributed by atoms with E-state index in [1.165, 1.54) is 16.8 Å². The number of ether oxygens (including phenoxy) is 1. The molecule has 2 aromatic carbocycles. The molecular weight excluding hydrogens is 360 g/mol. The number of amides is 1. The van der Waals surface area contributed by atoms with Gasteiger partial charge in [0.1, 0.15) is 0 Å². The first-order valence-electron chi connectivity index (χ1n) is 10.9. The number of benzene rings is 2. The van der Waals surface area contributed by atoms with Gasteiger partial charge in [0.15, 0.2) is 0 Å². The lowest BCUT2D eigenvalue weighted by molar-refractivity contribution is -0.119. The van der Waals surface area contributed by atoms with Gasteiger partial charge in [0.25, 0.3) is 0 Å². The summed E-state index contributed by atoms with van der Waals surface area (Å²) in [6.07, 6.45) is 4.42. The molecule has 0 atom stereocenters. The fourth-order valence-corrected chi connectivity index (χ4v) is 4.67. The number of hydrogen-bond donors (Lipinski definition) is 0. The maximum absolute atomic E-state index is 13.3. The Labute approximate surface area is 174 Å². The summed E-state index contributed by atoms with van der Waals surface area (Å²) in [5.74, 6) is 0.242. The van der Waals surface area contributed by atoms with Crippen molar-refractivity contribution in [2.75, 3.05) is 36.1 Å². The topological polar surface area (TPSA) is 32.8 Å². The average molecular weight is 393 g/mol. The first-order valence-corrected chi connectivity index (χ1v) is 10.9. The van der Waals surface area contributed by atoms with Gasteiger partial charge >= 0.3 is 0 Å². The molecule has 1 amide bonds. The van der Waals surface area contributed by atoms with Crippen molar-refractivity contribution in [3.63, 3.8) is 0 Å². The van der Waals surface area contributed by atoms with Crippen molar-refractivity contribution in [2.24, 2.45) is 0 Å². The Bertz CT molecular complexity index is 841. The van der Waals surface area contributed by atoms with Gasteiger partial charge in [-0.15, -0.1) is 0 Å². The third-order valence-corrected chi connectivity index (χ3v) is 6.26. The van der Waals surface area contributed by atoms with Gasteiger partial charge in [-0.1, -0.05) is 36.4 Å². The van der Waals surface area contributed by atoms with Crippen LogP contribution in [0.3, 0.4) is 0 Å². The standard InChI is InChI=1S/C25H32N2O2/c1-25(2)15-14-21-22(26-16-18-29-19-17-26)11-7-12-23(21)27(25)24(28)13-6-10-20-8-4-3-5-9-20/h3-5,7-9,11-12H,6,10,13-19H2,1-2H3. The number of aryl methyl sites for hydroxylation is 1. The number of fused-ring (bicyclic) bond motifs is 1. The van der Waals surface area contributed by atoms with Crippen LogP contribution >= 0.6 is 0 Å². The fraction of sp³-hybridized carbons (Fsp3) is 0.480. The van der Waals surface area contributed by atoms with Crippen LogP contribution in [-0.2, 0) is 22.4 Å². The first-order chi connectivity index (χ1) is 14.1. The number of carbonyl (C=O) groups is 1. The predicted molar refractivity (Wildman–Crippen MR) is 119 cm³/mol. The SMILES string of the molecule is CC1(C)CCc2c(N3CCOCC3)cccc2N1C(=O)CCCc1ccccc1. The maximum atomic E-state index is 13.3. The summed E-state index contributed by atoms with van der Waals surface area (Å²) in [4.78, 5) is 17.8. The molecule has 2 aliphatic heterocycles.